The van der Waals surface area contributed by atoms with Crippen molar-refractivity contribution in [1.29, 1.82) is 0 Å². The van der Waals surface area contributed by atoms with Crippen molar-refractivity contribution in [1.82, 2.24) is 0 Å². The third-order valence-corrected chi connectivity index (χ3v) is 16.5. The Morgan fingerprint density at radius 3 is 0.350 bits per heavy atom. The third kappa shape index (κ3) is 13.3. The van der Waals surface area contributed by atoms with Crippen LogP contribution in [-0.4, -0.2) is 0 Å². The molecule has 292 valence electrons. The molecule has 0 spiro atoms. The molecular formula is C55H45OP3Rh+3. The van der Waals surface area contributed by atoms with Crippen LogP contribution in [-0.2, 0) is 24.1 Å². The first-order valence-electron chi connectivity index (χ1n) is 19.4. The van der Waals surface area contributed by atoms with Gasteiger partial charge in [0.05, 0.1) is 0 Å². The van der Waals surface area contributed by atoms with E-state index in [2.05, 4.69) is 280 Å². The fourth-order valence-electron chi connectivity index (χ4n) is 6.54. The maximum atomic E-state index is 7.50. The van der Waals surface area contributed by atoms with Gasteiger partial charge >= 0.3 is 30.8 Å². The van der Waals surface area contributed by atoms with Crippen LogP contribution in [0.4, 0.5) is 0 Å². The Morgan fingerprint density at radius 2 is 0.267 bits per heavy atom. The number of benzene rings is 9. The van der Waals surface area contributed by atoms with Crippen LogP contribution in [0.5, 0.6) is 0 Å². The van der Waals surface area contributed by atoms with Gasteiger partial charge in [-0.05, 0) is 71.5 Å². The average molecular weight is 918 g/mol. The molecule has 9 aromatic carbocycles. The Morgan fingerprint density at radius 1 is 0.183 bits per heavy atom. The molecule has 5 heteroatoms. The number of hydrogen-bond acceptors (Lipinski definition) is 0. The minimum absolute atomic E-state index is 0. The quantitative estimate of drug-likeness (QED) is 0.0595. The summed E-state index contributed by atoms with van der Waals surface area (Å²) in [7, 11) is -1.34. The summed E-state index contributed by atoms with van der Waals surface area (Å²) in [6.07, 6.45) is 0. The minimum Gasteiger partial charge on any atom is -0.0622 e. The molecule has 0 aliphatic rings. The molecule has 9 aromatic rings. The van der Waals surface area contributed by atoms with E-state index in [1.54, 1.807) is 0 Å². The molecule has 0 fully saturated rings. The van der Waals surface area contributed by atoms with Crippen molar-refractivity contribution in [3.05, 3.63) is 280 Å². The van der Waals surface area contributed by atoms with Gasteiger partial charge in [-0.15, -0.1) is 0 Å². The molecule has 0 saturated heterocycles. The molecule has 0 N–H and O–H groups in total. The molecule has 0 atom stereocenters. The van der Waals surface area contributed by atoms with Gasteiger partial charge < -0.3 is 0 Å². The van der Waals surface area contributed by atoms with Gasteiger partial charge in [-0.1, -0.05) is 273 Å². The second kappa shape index (κ2) is 26.0. The second-order valence-corrected chi connectivity index (χ2v) is 19.7. The first-order valence-corrected chi connectivity index (χ1v) is 23.4. The molecule has 0 heterocycles. The van der Waals surface area contributed by atoms with Crippen LogP contribution < -0.4 is 47.7 Å². The zero-order chi connectivity index (χ0) is 40.7. The fourth-order valence-corrected chi connectivity index (χ4v) is 13.5. The number of rotatable bonds is 9. The zero-order valence-corrected chi connectivity index (χ0v) is 37.4. The summed E-state index contributed by atoms with van der Waals surface area (Å²) >= 11 is 0. The van der Waals surface area contributed by atoms with Crippen LogP contribution in [0.3, 0.4) is 0 Å². The SMILES string of the molecule is [C-]#[O+].[Rh+3].c1ccc(P(c2ccccc2)c2ccccc2)cc1.c1ccc(P(c2ccccc2)c2ccccc2)cc1.c1ccc(P(c2ccccc2)c2ccccc2)cc1. The summed E-state index contributed by atoms with van der Waals surface area (Å²) in [6, 6.07) is 97.0. The molecule has 0 bridgehead atoms. The Balaban J connectivity index is 0.000000166. The van der Waals surface area contributed by atoms with Gasteiger partial charge in [-0.2, -0.15) is 0 Å². The molecule has 9 rings (SSSR count). The van der Waals surface area contributed by atoms with E-state index in [0.717, 1.165) is 0 Å². The summed E-state index contributed by atoms with van der Waals surface area (Å²) in [5.74, 6) is 0. The molecule has 0 aliphatic carbocycles. The maximum absolute atomic E-state index is 7.50. The molecule has 0 aliphatic heterocycles. The zero-order valence-electron chi connectivity index (χ0n) is 33.1. The Kier molecular flexibility index (Phi) is 19.8. The van der Waals surface area contributed by atoms with Crippen LogP contribution in [0, 0.1) is 6.65 Å². The molecule has 60 heavy (non-hydrogen) atoms. The topological polar surface area (TPSA) is 19.9 Å². The summed E-state index contributed by atoms with van der Waals surface area (Å²) in [4.78, 5) is 0. The molecule has 0 unspecified atom stereocenters. The van der Waals surface area contributed by atoms with Gasteiger partial charge in [0.15, 0.2) is 0 Å². The van der Waals surface area contributed by atoms with E-state index in [9.17, 15) is 0 Å². The Hall–Kier alpha value is -5.37. The van der Waals surface area contributed by atoms with Crippen LogP contribution in [0.1, 0.15) is 0 Å². The van der Waals surface area contributed by atoms with Gasteiger partial charge in [0, 0.05) is 0 Å². The van der Waals surface area contributed by atoms with E-state index in [-0.39, 0.29) is 19.5 Å². The molecule has 1 nitrogen and oxygen atoms in total. The van der Waals surface area contributed by atoms with E-state index >= 15 is 0 Å². The Labute approximate surface area is 373 Å². The van der Waals surface area contributed by atoms with Gasteiger partial charge in [0.1, 0.15) is 0 Å². The van der Waals surface area contributed by atoms with Crippen molar-refractivity contribution < 1.29 is 24.1 Å². The monoisotopic (exact) mass is 917 g/mol. The minimum atomic E-state index is -0.446. The van der Waals surface area contributed by atoms with E-state index in [0.29, 0.717) is 0 Å². The number of hydrogen-bond donors (Lipinski definition) is 0. The van der Waals surface area contributed by atoms with Crippen LogP contribution in [0.15, 0.2) is 273 Å². The van der Waals surface area contributed by atoms with Crippen LogP contribution in [0.25, 0.3) is 0 Å². The molecule has 0 amide bonds. The second-order valence-electron chi connectivity index (χ2n) is 13.0. The standard InChI is InChI=1S/3C18H15P.CO.Rh/c3*1-4-10-16(11-5-1)19(17-12-6-2-7-13-17)18-14-8-3-9-15-18;1-2;/h3*1-15H;;/q;;;;+3. The van der Waals surface area contributed by atoms with Crippen molar-refractivity contribution >= 4 is 71.5 Å². The van der Waals surface area contributed by atoms with E-state index < -0.39 is 23.8 Å². The summed E-state index contributed by atoms with van der Waals surface area (Å²) in [5, 5.41) is 12.6. The van der Waals surface area contributed by atoms with E-state index in [1.165, 1.54) is 47.7 Å². The van der Waals surface area contributed by atoms with Crippen molar-refractivity contribution in [2.45, 2.75) is 0 Å². The summed E-state index contributed by atoms with van der Waals surface area (Å²) in [5.41, 5.74) is 0. The molecule has 0 radical (unpaired) electrons. The predicted molar refractivity (Wildman–Crippen MR) is 259 cm³/mol. The third-order valence-electron chi connectivity index (χ3n) is 9.13. The van der Waals surface area contributed by atoms with Crippen molar-refractivity contribution in [3.63, 3.8) is 0 Å². The largest absolute Gasteiger partial charge is 3.00 e. The van der Waals surface area contributed by atoms with Gasteiger partial charge in [0.2, 0.25) is 0 Å². The van der Waals surface area contributed by atoms with Crippen LogP contribution >= 0.6 is 23.8 Å². The molecular weight excluding hydrogens is 872 g/mol. The Bertz CT molecular complexity index is 1920. The molecule has 0 aromatic heterocycles. The van der Waals surface area contributed by atoms with E-state index in [4.69, 9.17) is 4.65 Å². The first-order chi connectivity index (χ1) is 29.3. The predicted octanol–water partition coefficient (Wildman–Crippen LogP) is 10.3. The van der Waals surface area contributed by atoms with Crippen molar-refractivity contribution in [3.8, 4) is 0 Å². The van der Waals surface area contributed by atoms with Crippen molar-refractivity contribution in [2.24, 2.45) is 0 Å². The summed E-state index contributed by atoms with van der Waals surface area (Å²) < 4.78 is 7.50. The van der Waals surface area contributed by atoms with Gasteiger partial charge in [-0.25, -0.2) is 0 Å². The van der Waals surface area contributed by atoms with Crippen molar-refractivity contribution in [2.75, 3.05) is 0 Å². The van der Waals surface area contributed by atoms with Crippen LogP contribution in [0.2, 0.25) is 0 Å². The normalized spacial score (nSPS) is 10.1. The summed E-state index contributed by atoms with van der Waals surface area (Å²) in [6.45, 7) is 4.50. The smallest absolute Gasteiger partial charge is 0.0622 e. The fraction of sp³-hybridized carbons (Fsp3) is 0. The van der Waals surface area contributed by atoms with Gasteiger partial charge in [-0.3, -0.25) is 0 Å². The van der Waals surface area contributed by atoms with E-state index in [1.807, 2.05) is 0 Å². The average Bonchev–Trinajstić information content (AvgIpc) is 3.34. The first kappa shape index (κ1) is 45.7. The maximum Gasteiger partial charge on any atom is 3.00 e. The molecule has 0 saturated carbocycles. The van der Waals surface area contributed by atoms with Gasteiger partial charge in [0.25, 0.3) is 0 Å².